The minimum Gasteiger partial charge on any atom is -0.452 e. The van der Waals surface area contributed by atoms with Crippen LogP contribution in [0.1, 0.15) is 16.2 Å². The van der Waals surface area contributed by atoms with E-state index >= 15 is 0 Å². The molecule has 3 aromatic rings. The van der Waals surface area contributed by atoms with Crippen molar-refractivity contribution in [3.8, 4) is 11.4 Å². The third kappa shape index (κ3) is 3.97. The van der Waals surface area contributed by atoms with Crippen LogP contribution in [0.15, 0.2) is 53.1 Å². The molecule has 128 valence electrons. The molecule has 2 aromatic carbocycles. The van der Waals surface area contributed by atoms with Gasteiger partial charge in [-0.05, 0) is 36.4 Å². The van der Waals surface area contributed by atoms with Crippen molar-refractivity contribution in [2.75, 3.05) is 19.0 Å². The first-order valence-electron chi connectivity index (χ1n) is 7.56. The molecule has 6 nitrogen and oxygen atoms in total. The van der Waals surface area contributed by atoms with E-state index in [1.165, 1.54) is 0 Å². The summed E-state index contributed by atoms with van der Waals surface area (Å²) in [4.78, 5) is 18.2. The van der Waals surface area contributed by atoms with Gasteiger partial charge in [0, 0.05) is 25.3 Å². The minimum absolute atomic E-state index is 0.105. The van der Waals surface area contributed by atoms with E-state index in [0.717, 1.165) is 5.69 Å². The van der Waals surface area contributed by atoms with Crippen LogP contribution < -0.4 is 4.90 Å². The highest BCUT2D eigenvalue weighted by Gasteiger charge is 2.14. The van der Waals surface area contributed by atoms with Crippen molar-refractivity contribution >= 4 is 23.3 Å². The van der Waals surface area contributed by atoms with Crippen LogP contribution in [0, 0.1) is 0 Å². The summed E-state index contributed by atoms with van der Waals surface area (Å²) in [5.74, 6) is 0.1000. The molecule has 0 saturated heterocycles. The molecule has 0 bridgehead atoms. The Bertz CT molecular complexity index is 875. The number of nitrogens with zero attached hydrogens (tertiary/aromatic N) is 3. The lowest BCUT2D eigenvalue weighted by Crippen LogP contribution is -2.09. The topological polar surface area (TPSA) is 68.5 Å². The van der Waals surface area contributed by atoms with Gasteiger partial charge in [-0.1, -0.05) is 28.9 Å². The summed E-state index contributed by atoms with van der Waals surface area (Å²) in [5, 5.41) is 4.38. The average molecular weight is 358 g/mol. The molecular formula is C18H16ClN3O3. The second-order valence-electron chi connectivity index (χ2n) is 5.51. The summed E-state index contributed by atoms with van der Waals surface area (Å²) in [6.45, 7) is -0.105. The highest BCUT2D eigenvalue weighted by molar-refractivity contribution is 6.33. The molecule has 0 aliphatic carbocycles. The lowest BCUT2D eigenvalue weighted by Gasteiger charge is -2.12. The molecule has 1 aromatic heterocycles. The largest absolute Gasteiger partial charge is 0.452 e. The SMILES string of the molecule is CN(C)c1ccc(C(=O)OCc2nc(-c3ccccc3Cl)no2)cc1. The van der Waals surface area contributed by atoms with Crippen LogP contribution in [-0.2, 0) is 11.3 Å². The second kappa shape index (κ2) is 7.36. The molecule has 7 heteroatoms. The van der Waals surface area contributed by atoms with Crippen LogP contribution in [0.2, 0.25) is 5.02 Å². The predicted octanol–water partition coefficient (Wildman–Crippen LogP) is 3.81. The van der Waals surface area contributed by atoms with Crippen LogP contribution in [-0.4, -0.2) is 30.2 Å². The maximum atomic E-state index is 12.1. The molecule has 0 N–H and O–H groups in total. The molecule has 0 fully saturated rings. The van der Waals surface area contributed by atoms with Gasteiger partial charge in [-0.3, -0.25) is 0 Å². The maximum absolute atomic E-state index is 12.1. The van der Waals surface area contributed by atoms with Crippen LogP contribution in [0.4, 0.5) is 5.69 Å². The normalized spacial score (nSPS) is 10.5. The Hall–Kier alpha value is -2.86. The fourth-order valence-electron chi connectivity index (χ4n) is 2.17. The van der Waals surface area contributed by atoms with E-state index in [4.69, 9.17) is 20.9 Å². The number of esters is 1. The molecule has 3 rings (SSSR count). The van der Waals surface area contributed by atoms with E-state index < -0.39 is 5.97 Å². The molecule has 0 saturated carbocycles. The van der Waals surface area contributed by atoms with E-state index in [0.29, 0.717) is 22.0 Å². The highest BCUT2D eigenvalue weighted by Crippen LogP contribution is 2.25. The average Bonchev–Trinajstić information content (AvgIpc) is 3.09. The van der Waals surface area contributed by atoms with Crippen molar-refractivity contribution in [2.45, 2.75) is 6.61 Å². The van der Waals surface area contributed by atoms with Crippen molar-refractivity contribution in [1.82, 2.24) is 10.1 Å². The Balaban J connectivity index is 1.64. The minimum atomic E-state index is -0.456. The number of aromatic nitrogens is 2. The number of carbonyl (C=O) groups excluding carboxylic acids is 1. The Labute approximate surface area is 150 Å². The number of carbonyl (C=O) groups is 1. The standard InChI is InChI=1S/C18H16ClN3O3/c1-22(2)13-9-7-12(8-10-13)18(23)24-11-16-20-17(21-25-16)14-5-3-4-6-15(14)19/h3-10H,11H2,1-2H3. The van der Waals surface area contributed by atoms with Gasteiger partial charge in [0.15, 0.2) is 6.61 Å². The summed E-state index contributed by atoms with van der Waals surface area (Å²) in [6.07, 6.45) is 0. The molecule has 0 atom stereocenters. The van der Waals surface area contributed by atoms with Crippen molar-refractivity contribution < 1.29 is 14.1 Å². The third-order valence-electron chi connectivity index (χ3n) is 3.53. The lowest BCUT2D eigenvalue weighted by atomic mass is 10.2. The molecule has 0 aliphatic rings. The highest BCUT2D eigenvalue weighted by atomic mass is 35.5. The molecule has 0 unspecified atom stereocenters. The van der Waals surface area contributed by atoms with Crippen LogP contribution >= 0.6 is 11.6 Å². The Morgan fingerprint density at radius 3 is 2.56 bits per heavy atom. The number of rotatable bonds is 5. The summed E-state index contributed by atoms with van der Waals surface area (Å²) in [6, 6.07) is 14.3. The molecule has 0 amide bonds. The quantitative estimate of drug-likeness (QED) is 0.647. The van der Waals surface area contributed by atoms with Crippen molar-refractivity contribution in [2.24, 2.45) is 0 Å². The van der Waals surface area contributed by atoms with Gasteiger partial charge in [-0.25, -0.2) is 4.79 Å². The van der Waals surface area contributed by atoms with E-state index in [9.17, 15) is 4.79 Å². The first-order chi connectivity index (χ1) is 12.0. The number of benzene rings is 2. The first-order valence-corrected chi connectivity index (χ1v) is 7.94. The van der Waals surface area contributed by atoms with Gasteiger partial charge in [-0.15, -0.1) is 0 Å². The molecule has 0 radical (unpaired) electrons. The number of ether oxygens (including phenoxy) is 1. The molecule has 0 spiro atoms. The molecule has 0 aliphatic heterocycles. The molecule has 1 heterocycles. The molecular weight excluding hydrogens is 342 g/mol. The van der Waals surface area contributed by atoms with E-state index in [2.05, 4.69) is 10.1 Å². The monoisotopic (exact) mass is 357 g/mol. The zero-order valence-corrected chi connectivity index (χ0v) is 14.5. The van der Waals surface area contributed by atoms with Crippen molar-refractivity contribution in [1.29, 1.82) is 0 Å². The second-order valence-corrected chi connectivity index (χ2v) is 5.92. The Morgan fingerprint density at radius 2 is 1.88 bits per heavy atom. The van der Waals surface area contributed by atoms with E-state index in [-0.39, 0.29) is 12.5 Å². The van der Waals surface area contributed by atoms with E-state index in [1.807, 2.05) is 43.3 Å². The zero-order valence-electron chi connectivity index (χ0n) is 13.8. The molecule has 25 heavy (non-hydrogen) atoms. The van der Waals surface area contributed by atoms with Gasteiger partial charge in [0.2, 0.25) is 5.82 Å². The Kier molecular flexibility index (Phi) is 5.00. The number of hydrogen-bond donors (Lipinski definition) is 0. The van der Waals surface area contributed by atoms with Gasteiger partial charge in [0.25, 0.3) is 5.89 Å². The van der Waals surface area contributed by atoms with Crippen molar-refractivity contribution in [3.05, 3.63) is 65.0 Å². The summed E-state index contributed by atoms with van der Waals surface area (Å²) >= 11 is 6.10. The van der Waals surface area contributed by atoms with Crippen LogP contribution in [0.25, 0.3) is 11.4 Å². The van der Waals surface area contributed by atoms with Crippen LogP contribution in [0.3, 0.4) is 0 Å². The van der Waals surface area contributed by atoms with Gasteiger partial charge in [-0.2, -0.15) is 4.98 Å². The summed E-state index contributed by atoms with van der Waals surface area (Å²) in [5.41, 5.74) is 2.11. The van der Waals surface area contributed by atoms with Gasteiger partial charge < -0.3 is 14.2 Å². The number of halogens is 1. The number of hydrogen-bond acceptors (Lipinski definition) is 6. The van der Waals surface area contributed by atoms with Gasteiger partial charge >= 0.3 is 5.97 Å². The fraction of sp³-hybridized carbons (Fsp3) is 0.167. The third-order valence-corrected chi connectivity index (χ3v) is 3.86. The zero-order chi connectivity index (χ0) is 17.8. The first kappa shape index (κ1) is 17.0. The Morgan fingerprint density at radius 1 is 1.16 bits per heavy atom. The van der Waals surface area contributed by atoms with Gasteiger partial charge in [0.05, 0.1) is 10.6 Å². The lowest BCUT2D eigenvalue weighted by molar-refractivity contribution is 0.0430. The van der Waals surface area contributed by atoms with E-state index in [1.54, 1.807) is 24.3 Å². The maximum Gasteiger partial charge on any atom is 0.338 e. The van der Waals surface area contributed by atoms with Gasteiger partial charge in [0.1, 0.15) is 0 Å². The summed E-state index contributed by atoms with van der Waals surface area (Å²) < 4.78 is 10.3. The van der Waals surface area contributed by atoms with Crippen molar-refractivity contribution in [3.63, 3.8) is 0 Å². The predicted molar refractivity (Wildman–Crippen MR) is 94.6 cm³/mol. The number of anilines is 1. The summed E-state index contributed by atoms with van der Waals surface area (Å²) in [7, 11) is 3.86. The fourth-order valence-corrected chi connectivity index (χ4v) is 2.39. The smallest absolute Gasteiger partial charge is 0.338 e. The van der Waals surface area contributed by atoms with Crippen LogP contribution in [0.5, 0.6) is 0 Å².